The van der Waals surface area contributed by atoms with E-state index >= 15 is 0 Å². The summed E-state index contributed by atoms with van der Waals surface area (Å²) in [5.41, 5.74) is 4.76. The number of likely N-dealkylation sites (tertiary alicyclic amines) is 1. The standard InChI is InChI=1S/C28H39N3O2/c1-28(2,3)27(32)30-26(24-13-7-8-14-29-24)22-12-9-15-31(18-22)19-23-16-20-10-5-6-11-21(20)17-25(23)33-4/h7-8,13-14,16-17,22,26H,5-6,9-12,15,18-19H2,1-4H3,(H,30,32)/t22-,26+/m0/s1. The van der Waals surface area contributed by atoms with Gasteiger partial charge >= 0.3 is 0 Å². The number of hydrogen-bond acceptors (Lipinski definition) is 4. The van der Waals surface area contributed by atoms with Gasteiger partial charge in [-0.05, 0) is 80.3 Å². The smallest absolute Gasteiger partial charge is 0.225 e. The van der Waals surface area contributed by atoms with Crippen LogP contribution in [0.15, 0.2) is 36.5 Å². The van der Waals surface area contributed by atoms with Crippen molar-refractivity contribution < 1.29 is 9.53 Å². The van der Waals surface area contributed by atoms with Crippen molar-refractivity contribution in [3.05, 3.63) is 58.9 Å². The van der Waals surface area contributed by atoms with Crippen LogP contribution in [0, 0.1) is 11.3 Å². The Labute approximate surface area is 198 Å². The number of aromatic nitrogens is 1. The van der Waals surface area contributed by atoms with E-state index in [2.05, 4.69) is 27.3 Å². The van der Waals surface area contributed by atoms with Gasteiger partial charge in [0.1, 0.15) is 5.75 Å². The van der Waals surface area contributed by atoms with E-state index in [1.165, 1.54) is 36.0 Å². The molecule has 1 saturated heterocycles. The van der Waals surface area contributed by atoms with Gasteiger partial charge in [-0.25, -0.2) is 0 Å². The molecule has 5 nitrogen and oxygen atoms in total. The maximum atomic E-state index is 12.9. The third-order valence-corrected chi connectivity index (χ3v) is 7.13. The lowest BCUT2D eigenvalue weighted by Gasteiger charge is -2.38. The van der Waals surface area contributed by atoms with Gasteiger partial charge in [0.25, 0.3) is 0 Å². The first kappa shape index (κ1) is 23.7. The average Bonchev–Trinajstić information content (AvgIpc) is 2.82. The van der Waals surface area contributed by atoms with Gasteiger partial charge in [-0.2, -0.15) is 0 Å². The predicted octanol–water partition coefficient (Wildman–Crippen LogP) is 5.08. The molecule has 0 spiro atoms. The van der Waals surface area contributed by atoms with Crippen LogP contribution in [0.25, 0.3) is 0 Å². The molecule has 4 rings (SSSR count). The second-order valence-electron chi connectivity index (χ2n) is 10.7. The zero-order chi connectivity index (χ0) is 23.4. The molecule has 1 fully saturated rings. The van der Waals surface area contributed by atoms with Crippen molar-refractivity contribution in [2.75, 3.05) is 20.2 Å². The second kappa shape index (κ2) is 10.3. The van der Waals surface area contributed by atoms with Crippen LogP contribution in [-0.2, 0) is 24.2 Å². The molecule has 2 heterocycles. The Morgan fingerprint density at radius 3 is 2.61 bits per heavy atom. The molecule has 1 N–H and O–H groups in total. The fourth-order valence-electron chi connectivity index (χ4n) is 5.23. The Balaban J connectivity index is 1.53. The minimum absolute atomic E-state index is 0.0756. The Morgan fingerprint density at radius 1 is 1.18 bits per heavy atom. The highest BCUT2D eigenvalue weighted by Crippen LogP contribution is 2.34. The number of nitrogens with one attached hydrogen (secondary N) is 1. The lowest BCUT2D eigenvalue weighted by atomic mass is 9.86. The van der Waals surface area contributed by atoms with Crippen molar-refractivity contribution in [3.8, 4) is 5.75 Å². The summed E-state index contributed by atoms with van der Waals surface area (Å²) < 4.78 is 5.79. The van der Waals surface area contributed by atoms with E-state index < -0.39 is 5.41 Å². The van der Waals surface area contributed by atoms with E-state index in [0.29, 0.717) is 5.92 Å². The fraction of sp³-hybridized carbons (Fsp3) is 0.571. The lowest BCUT2D eigenvalue weighted by Crippen LogP contribution is -2.45. The molecule has 1 aliphatic heterocycles. The molecule has 33 heavy (non-hydrogen) atoms. The van der Waals surface area contributed by atoms with Crippen molar-refractivity contribution in [3.63, 3.8) is 0 Å². The van der Waals surface area contributed by atoms with Crippen LogP contribution in [-0.4, -0.2) is 36.0 Å². The van der Waals surface area contributed by atoms with Gasteiger partial charge < -0.3 is 10.1 Å². The molecule has 0 bridgehead atoms. The summed E-state index contributed by atoms with van der Waals surface area (Å²) in [4.78, 5) is 20.1. The van der Waals surface area contributed by atoms with E-state index in [-0.39, 0.29) is 11.9 Å². The van der Waals surface area contributed by atoms with Gasteiger partial charge in [-0.1, -0.05) is 32.9 Å². The third kappa shape index (κ3) is 5.75. The zero-order valence-corrected chi connectivity index (χ0v) is 20.7. The van der Waals surface area contributed by atoms with Crippen LogP contribution in [0.2, 0.25) is 0 Å². The Bertz CT molecular complexity index is 952. The van der Waals surface area contributed by atoms with E-state index in [9.17, 15) is 4.79 Å². The van der Waals surface area contributed by atoms with Crippen molar-refractivity contribution in [2.24, 2.45) is 11.3 Å². The van der Waals surface area contributed by atoms with Gasteiger partial charge in [0, 0.05) is 30.3 Å². The van der Waals surface area contributed by atoms with Gasteiger partial charge in [0.05, 0.1) is 18.8 Å². The Hall–Kier alpha value is -2.40. The molecule has 0 radical (unpaired) electrons. The first-order chi connectivity index (χ1) is 15.8. The van der Waals surface area contributed by atoms with Gasteiger partial charge in [0.2, 0.25) is 5.91 Å². The second-order valence-corrected chi connectivity index (χ2v) is 10.7. The number of piperidine rings is 1. The molecular weight excluding hydrogens is 410 g/mol. The van der Waals surface area contributed by atoms with Crippen LogP contribution in [0.3, 0.4) is 0 Å². The van der Waals surface area contributed by atoms with Crippen molar-refractivity contribution in [1.82, 2.24) is 15.2 Å². The topological polar surface area (TPSA) is 54.5 Å². The van der Waals surface area contributed by atoms with Gasteiger partial charge in [-0.15, -0.1) is 0 Å². The molecule has 1 aromatic heterocycles. The Kier molecular flexibility index (Phi) is 7.38. The number of rotatable bonds is 6. The number of amides is 1. The molecule has 2 aromatic rings. The molecule has 0 saturated carbocycles. The van der Waals surface area contributed by atoms with Crippen LogP contribution in [0.5, 0.6) is 5.75 Å². The van der Waals surface area contributed by atoms with E-state index in [4.69, 9.17) is 4.74 Å². The summed E-state index contributed by atoms with van der Waals surface area (Å²) >= 11 is 0. The number of ether oxygens (including phenoxy) is 1. The van der Waals surface area contributed by atoms with Crippen molar-refractivity contribution in [1.29, 1.82) is 0 Å². The number of fused-ring (bicyclic) bond motifs is 1. The molecule has 1 aliphatic carbocycles. The summed E-state index contributed by atoms with van der Waals surface area (Å²) in [5.74, 6) is 1.41. The SMILES string of the molecule is COc1cc2c(cc1CN1CCC[C@H]([C@@H](NC(=O)C(C)(C)C)c3ccccn3)C1)CCCC2. The number of nitrogens with zero attached hydrogens (tertiary/aromatic N) is 2. The van der Waals surface area contributed by atoms with Crippen LogP contribution >= 0.6 is 0 Å². The highest BCUT2D eigenvalue weighted by Gasteiger charge is 2.33. The molecule has 5 heteroatoms. The normalized spacial score (nSPS) is 20.1. The lowest BCUT2D eigenvalue weighted by molar-refractivity contribution is -0.130. The molecule has 2 aliphatic rings. The zero-order valence-electron chi connectivity index (χ0n) is 20.7. The average molecular weight is 450 g/mol. The Morgan fingerprint density at radius 2 is 1.94 bits per heavy atom. The number of carbonyl (C=O) groups excluding carboxylic acids is 1. The van der Waals surface area contributed by atoms with Crippen LogP contribution in [0.1, 0.15) is 74.9 Å². The van der Waals surface area contributed by atoms with Crippen LogP contribution in [0.4, 0.5) is 0 Å². The van der Waals surface area contributed by atoms with Crippen LogP contribution < -0.4 is 10.1 Å². The largest absolute Gasteiger partial charge is 0.496 e. The summed E-state index contributed by atoms with van der Waals surface area (Å²) in [5, 5.41) is 3.34. The van der Waals surface area contributed by atoms with E-state index in [1.807, 2.05) is 45.2 Å². The number of pyridine rings is 1. The molecule has 0 unspecified atom stereocenters. The highest BCUT2D eigenvalue weighted by molar-refractivity contribution is 5.81. The molecule has 1 aromatic carbocycles. The highest BCUT2D eigenvalue weighted by atomic mass is 16.5. The molecule has 1 amide bonds. The minimum atomic E-state index is -0.433. The summed E-state index contributed by atoms with van der Waals surface area (Å²) in [6, 6.07) is 10.6. The molecule has 2 atom stereocenters. The van der Waals surface area contributed by atoms with E-state index in [1.54, 1.807) is 7.11 Å². The number of hydrogen-bond donors (Lipinski definition) is 1. The van der Waals surface area contributed by atoms with E-state index in [0.717, 1.165) is 50.3 Å². The predicted molar refractivity (Wildman–Crippen MR) is 132 cm³/mol. The summed E-state index contributed by atoms with van der Waals surface area (Å²) in [6.45, 7) is 8.79. The van der Waals surface area contributed by atoms with Crippen molar-refractivity contribution in [2.45, 2.75) is 71.9 Å². The monoisotopic (exact) mass is 449 g/mol. The first-order valence-corrected chi connectivity index (χ1v) is 12.5. The summed E-state index contributed by atoms with van der Waals surface area (Å²) in [6.07, 6.45) is 8.93. The number of carbonyl (C=O) groups is 1. The first-order valence-electron chi connectivity index (χ1n) is 12.5. The minimum Gasteiger partial charge on any atom is -0.496 e. The van der Waals surface area contributed by atoms with Gasteiger partial charge in [0.15, 0.2) is 0 Å². The number of aryl methyl sites for hydroxylation is 2. The molecular formula is C28H39N3O2. The molecule has 178 valence electrons. The maximum absolute atomic E-state index is 12.9. The van der Waals surface area contributed by atoms with Crippen molar-refractivity contribution >= 4 is 5.91 Å². The number of methoxy groups -OCH3 is 1. The summed E-state index contributed by atoms with van der Waals surface area (Å²) in [7, 11) is 1.78. The fourth-order valence-corrected chi connectivity index (χ4v) is 5.23. The number of benzene rings is 1. The van der Waals surface area contributed by atoms with Gasteiger partial charge in [-0.3, -0.25) is 14.7 Å². The third-order valence-electron chi connectivity index (χ3n) is 7.13. The quantitative estimate of drug-likeness (QED) is 0.668. The maximum Gasteiger partial charge on any atom is 0.225 e.